The van der Waals surface area contributed by atoms with Gasteiger partial charge >= 0.3 is 0 Å². The van der Waals surface area contributed by atoms with Gasteiger partial charge in [0.15, 0.2) is 0 Å². The number of nitrogens with one attached hydrogen (secondary N) is 1. The second kappa shape index (κ2) is 10.5. The third-order valence-corrected chi connectivity index (χ3v) is 5.92. The highest BCUT2D eigenvalue weighted by Gasteiger charge is 2.34. The zero-order valence-electron chi connectivity index (χ0n) is 20.1. The molecule has 1 fully saturated rings. The summed E-state index contributed by atoms with van der Waals surface area (Å²) in [5, 5.41) is 2.81. The van der Waals surface area contributed by atoms with E-state index in [0.717, 1.165) is 22.9 Å². The molecule has 2 heterocycles. The van der Waals surface area contributed by atoms with Gasteiger partial charge in [-0.3, -0.25) is 9.59 Å². The largest absolute Gasteiger partial charge is 0.471 e. The zero-order valence-corrected chi connectivity index (χ0v) is 20.1. The Labute approximate surface area is 204 Å². The lowest BCUT2D eigenvalue weighted by atomic mass is 10.0. The average Bonchev–Trinajstić information content (AvgIpc) is 2.82. The molecule has 3 aromatic rings. The highest BCUT2D eigenvalue weighted by molar-refractivity contribution is 6.07. The van der Waals surface area contributed by atoms with Gasteiger partial charge in [-0.15, -0.1) is 0 Å². The fourth-order valence-corrected chi connectivity index (χ4v) is 3.81. The first-order chi connectivity index (χ1) is 16.8. The van der Waals surface area contributed by atoms with E-state index in [1.165, 1.54) is 12.1 Å². The molecule has 0 aliphatic carbocycles. The van der Waals surface area contributed by atoms with E-state index in [4.69, 9.17) is 4.74 Å². The Kier molecular flexibility index (Phi) is 7.29. The number of pyridine rings is 1. The van der Waals surface area contributed by atoms with E-state index >= 15 is 0 Å². The Morgan fingerprint density at radius 1 is 1.09 bits per heavy atom. The summed E-state index contributed by atoms with van der Waals surface area (Å²) >= 11 is 0. The van der Waals surface area contributed by atoms with Gasteiger partial charge in [0, 0.05) is 38.6 Å². The molecule has 35 heavy (non-hydrogen) atoms. The summed E-state index contributed by atoms with van der Waals surface area (Å²) in [4.78, 5) is 33.7. The van der Waals surface area contributed by atoms with Gasteiger partial charge in [-0.1, -0.05) is 18.2 Å². The maximum Gasteiger partial charge on any atom is 0.254 e. The lowest BCUT2D eigenvalue weighted by Gasteiger charge is -2.38. The molecule has 1 aromatic heterocycles. The number of halogens is 1. The number of benzene rings is 2. The van der Waals surface area contributed by atoms with E-state index in [1.54, 1.807) is 17.2 Å². The van der Waals surface area contributed by atoms with E-state index < -0.39 is 11.7 Å². The smallest absolute Gasteiger partial charge is 0.254 e. The van der Waals surface area contributed by atoms with Gasteiger partial charge < -0.3 is 19.9 Å². The maximum absolute atomic E-state index is 14.0. The minimum Gasteiger partial charge on any atom is -0.471 e. The van der Waals surface area contributed by atoms with E-state index in [0.29, 0.717) is 31.9 Å². The van der Waals surface area contributed by atoms with Crippen molar-refractivity contribution in [2.24, 2.45) is 0 Å². The number of hydrogen-bond acceptors (Lipinski definition) is 5. The van der Waals surface area contributed by atoms with Crippen molar-refractivity contribution in [3.8, 4) is 5.88 Å². The Balaban J connectivity index is 1.34. The minimum absolute atomic E-state index is 0.0301. The van der Waals surface area contributed by atoms with Crippen LogP contribution in [0.25, 0.3) is 0 Å². The third kappa shape index (κ3) is 5.95. The van der Waals surface area contributed by atoms with Crippen molar-refractivity contribution in [2.75, 3.05) is 38.6 Å². The number of carbonyl (C=O) groups is 2. The number of nitrogens with zero attached hydrogens (tertiary/aromatic N) is 3. The number of amides is 2. The molecular weight excluding hydrogens is 447 g/mol. The summed E-state index contributed by atoms with van der Waals surface area (Å²) in [5.74, 6) is -0.867. The van der Waals surface area contributed by atoms with E-state index in [2.05, 4.69) is 10.3 Å². The van der Waals surface area contributed by atoms with Gasteiger partial charge in [-0.2, -0.15) is 0 Å². The normalized spacial score (nSPS) is 13.2. The van der Waals surface area contributed by atoms with E-state index in [-0.39, 0.29) is 23.1 Å². The zero-order chi connectivity index (χ0) is 24.9. The van der Waals surface area contributed by atoms with Crippen LogP contribution in [0.1, 0.15) is 31.8 Å². The first-order valence-corrected chi connectivity index (χ1v) is 11.5. The van der Waals surface area contributed by atoms with Gasteiger partial charge in [0.05, 0.1) is 24.2 Å². The van der Waals surface area contributed by atoms with Crippen LogP contribution in [0.4, 0.5) is 10.1 Å². The van der Waals surface area contributed by atoms with Crippen molar-refractivity contribution in [1.82, 2.24) is 15.2 Å². The molecule has 1 saturated heterocycles. The Hall–Kier alpha value is -3.94. The summed E-state index contributed by atoms with van der Waals surface area (Å²) in [6.07, 6.45) is 2.17. The van der Waals surface area contributed by atoms with E-state index in [9.17, 15) is 14.0 Å². The number of anilines is 1. The first-order valence-electron chi connectivity index (χ1n) is 11.5. The highest BCUT2D eigenvalue weighted by atomic mass is 19.1. The van der Waals surface area contributed by atoms with Crippen molar-refractivity contribution in [3.63, 3.8) is 0 Å². The molecule has 8 heteroatoms. The van der Waals surface area contributed by atoms with Crippen LogP contribution in [0, 0.1) is 12.7 Å². The van der Waals surface area contributed by atoms with Gasteiger partial charge in [0.2, 0.25) is 5.88 Å². The lowest BCUT2D eigenvalue weighted by molar-refractivity contribution is 0.0159. The molecule has 7 nitrogen and oxygen atoms in total. The molecule has 1 aliphatic heterocycles. The van der Waals surface area contributed by atoms with Crippen LogP contribution in [0.15, 0.2) is 60.8 Å². The second-order valence-electron chi connectivity index (χ2n) is 8.88. The predicted molar refractivity (Wildman–Crippen MR) is 132 cm³/mol. The van der Waals surface area contributed by atoms with Crippen molar-refractivity contribution in [3.05, 3.63) is 88.9 Å². The van der Waals surface area contributed by atoms with Crippen LogP contribution in [0.5, 0.6) is 5.88 Å². The third-order valence-electron chi connectivity index (χ3n) is 5.92. The number of aryl methyl sites for hydroxylation is 1. The molecule has 0 saturated carbocycles. The molecule has 2 aromatic carbocycles. The van der Waals surface area contributed by atoms with Crippen molar-refractivity contribution >= 4 is 17.5 Å². The first kappa shape index (κ1) is 24.2. The fraction of sp³-hybridized carbons (Fsp3) is 0.296. The fourth-order valence-electron chi connectivity index (χ4n) is 3.81. The van der Waals surface area contributed by atoms with Gasteiger partial charge in [-0.25, -0.2) is 9.37 Å². The Morgan fingerprint density at radius 2 is 1.83 bits per heavy atom. The monoisotopic (exact) mass is 476 g/mol. The van der Waals surface area contributed by atoms with Gasteiger partial charge in [0.25, 0.3) is 11.8 Å². The minimum atomic E-state index is -0.568. The molecule has 1 N–H and O–H groups in total. The highest BCUT2D eigenvalue weighted by Crippen LogP contribution is 2.21. The predicted octanol–water partition coefficient (Wildman–Crippen LogP) is 3.47. The summed E-state index contributed by atoms with van der Waals surface area (Å²) < 4.78 is 19.7. The maximum atomic E-state index is 14.0. The topological polar surface area (TPSA) is 74.8 Å². The molecule has 182 valence electrons. The molecule has 0 unspecified atom stereocenters. The molecular formula is C27H29FN4O3. The Morgan fingerprint density at radius 3 is 2.49 bits per heavy atom. The molecule has 0 bridgehead atoms. The number of hydrogen-bond donors (Lipinski definition) is 1. The number of aromatic nitrogens is 1. The molecule has 0 atom stereocenters. The number of ether oxygens (including phenoxy) is 1. The van der Waals surface area contributed by atoms with E-state index in [1.807, 2.05) is 56.3 Å². The standard InChI is InChI=1S/C27H29FN4O3/c1-18-4-11-25(30-15-18)35-22-16-32(17-22)27(34)23-10-7-20(28)14-24(23)26(33)29-13-12-19-5-8-21(9-6-19)31(2)3/h4-11,14-15,22H,12-13,16-17H2,1-3H3,(H,29,33). The summed E-state index contributed by atoms with van der Waals surface area (Å²) in [7, 11) is 3.95. The van der Waals surface area contributed by atoms with Crippen LogP contribution in [-0.2, 0) is 6.42 Å². The van der Waals surface area contributed by atoms with Crippen LogP contribution < -0.4 is 15.0 Å². The number of likely N-dealkylation sites (tertiary alicyclic amines) is 1. The van der Waals surface area contributed by atoms with Crippen molar-refractivity contribution in [1.29, 1.82) is 0 Å². The molecule has 1 aliphatic rings. The lowest BCUT2D eigenvalue weighted by Crippen LogP contribution is -2.56. The Bertz CT molecular complexity index is 1190. The van der Waals surface area contributed by atoms with Crippen molar-refractivity contribution in [2.45, 2.75) is 19.4 Å². The van der Waals surface area contributed by atoms with Crippen LogP contribution in [-0.4, -0.2) is 61.5 Å². The average molecular weight is 477 g/mol. The van der Waals surface area contributed by atoms with Crippen molar-refractivity contribution < 1.29 is 18.7 Å². The van der Waals surface area contributed by atoms with Crippen LogP contribution >= 0.6 is 0 Å². The quantitative estimate of drug-likeness (QED) is 0.539. The number of rotatable bonds is 8. The number of carbonyl (C=O) groups excluding carboxylic acids is 2. The van der Waals surface area contributed by atoms with Crippen LogP contribution in [0.2, 0.25) is 0 Å². The summed E-state index contributed by atoms with van der Waals surface area (Å²) in [6, 6.07) is 15.4. The summed E-state index contributed by atoms with van der Waals surface area (Å²) in [6.45, 7) is 3.05. The molecule has 0 radical (unpaired) electrons. The second-order valence-corrected chi connectivity index (χ2v) is 8.88. The SMILES string of the molecule is Cc1ccc(OC2CN(C(=O)c3ccc(F)cc3C(=O)NCCc3ccc(N(C)C)cc3)C2)nc1. The van der Waals surface area contributed by atoms with Crippen LogP contribution in [0.3, 0.4) is 0 Å². The molecule has 0 spiro atoms. The summed E-state index contributed by atoms with van der Waals surface area (Å²) in [5.41, 5.74) is 3.40. The molecule has 4 rings (SSSR count). The van der Waals surface area contributed by atoms with Gasteiger partial charge in [-0.05, 0) is 54.8 Å². The molecule has 2 amide bonds. The van der Waals surface area contributed by atoms with Gasteiger partial charge in [0.1, 0.15) is 11.9 Å².